The van der Waals surface area contributed by atoms with E-state index in [4.69, 9.17) is 4.74 Å². The summed E-state index contributed by atoms with van der Waals surface area (Å²) < 4.78 is 33.0. The van der Waals surface area contributed by atoms with E-state index in [2.05, 4.69) is 0 Å². The zero-order chi connectivity index (χ0) is 25.4. The molecule has 1 saturated heterocycles. The highest BCUT2D eigenvalue weighted by atomic mass is 32.2. The molecule has 0 aliphatic carbocycles. The fourth-order valence-electron chi connectivity index (χ4n) is 4.26. The fraction of sp³-hybridized carbons (Fsp3) is 0.462. The Morgan fingerprint density at radius 2 is 1.66 bits per heavy atom. The van der Waals surface area contributed by atoms with Gasteiger partial charge >= 0.3 is 0 Å². The smallest absolute Gasteiger partial charge is 0.243 e. The maximum Gasteiger partial charge on any atom is 0.243 e. The number of nitrogens with zero attached hydrogens (tertiary/aromatic N) is 3. The second-order valence-corrected chi connectivity index (χ2v) is 10.8. The average Bonchev–Trinajstić information content (AvgIpc) is 2.86. The van der Waals surface area contributed by atoms with Crippen LogP contribution >= 0.6 is 0 Å². The highest BCUT2D eigenvalue weighted by Crippen LogP contribution is 2.22. The van der Waals surface area contributed by atoms with Gasteiger partial charge in [0.05, 0.1) is 18.0 Å². The van der Waals surface area contributed by atoms with Crippen LogP contribution in [0.1, 0.15) is 30.9 Å². The second-order valence-electron chi connectivity index (χ2n) is 8.89. The van der Waals surface area contributed by atoms with E-state index < -0.39 is 10.0 Å². The Balaban J connectivity index is 1.85. The first-order valence-electron chi connectivity index (χ1n) is 11.9. The van der Waals surface area contributed by atoms with Crippen LogP contribution in [-0.2, 0) is 30.9 Å². The zero-order valence-corrected chi connectivity index (χ0v) is 21.5. The molecule has 0 spiro atoms. The van der Waals surface area contributed by atoms with Gasteiger partial charge in [-0.25, -0.2) is 8.42 Å². The standard InChI is InChI=1S/C26H35N3O5S/c1-21-9-11-23(12-10-21)19-29(24-13-15-27(16-14-24)22(2)30)26(31)20-28(17-18-34-3)35(32,33)25-7-5-4-6-8-25/h4-12,24H,13-20H2,1-3H3. The molecule has 0 bridgehead atoms. The van der Waals surface area contributed by atoms with Crippen molar-refractivity contribution < 1.29 is 22.7 Å². The van der Waals surface area contributed by atoms with Crippen molar-refractivity contribution in [3.8, 4) is 0 Å². The third-order valence-corrected chi connectivity index (χ3v) is 8.24. The number of benzene rings is 2. The number of piperidine rings is 1. The van der Waals surface area contributed by atoms with Crippen molar-refractivity contribution in [2.75, 3.05) is 39.9 Å². The van der Waals surface area contributed by atoms with Gasteiger partial charge in [-0.1, -0.05) is 48.0 Å². The first-order valence-corrected chi connectivity index (χ1v) is 13.3. The molecule has 0 N–H and O–H groups in total. The topological polar surface area (TPSA) is 87.2 Å². The monoisotopic (exact) mass is 501 g/mol. The number of hydrogen-bond donors (Lipinski definition) is 0. The molecular formula is C26H35N3O5S. The number of sulfonamides is 1. The van der Waals surface area contributed by atoms with Gasteiger partial charge in [0.2, 0.25) is 21.8 Å². The minimum absolute atomic E-state index is 0.0274. The van der Waals surface area contributed by atoms with Crippen LogP contribution in [0.15, 0.2) is 59.5 Å². The van der Waals surface area contributed by atoms with Crippen molar-refractivity contribution in [1.82, 2.24) is 14.1 Å². The molecule has 0 aromatic heterocycles. The number of carbonyl (C=O) groups is 2. The summed E-state index contributed by atoms with van der Waals surface area (Å²) in [6, 6.07) is 16.0. The van der Waals surface area contributed by atoms with Crippen LogP contribution in [0.25, 0.3) is 0 Å². The minimum atomic E-state index is -3.88. The zero-order valence-electron chi connectivity index (χ0n) is 20.7. The van der Waals surface area contributed by atoms with Crippen molar-refractivity contribution in [1.29, 1.82) is 0 Å². The lowest BCUT2D eigenvalue weighted by atomic mass is 10.0. The van der Waals surface area contributed by atoms with Crippen LogP contribution in [0.4, 0.5) is 0 Å². The third kappa shape index (κ3) is 7.13. The summed E-state index contributed by atoms with van der Waals surface area (Å²) in [5.74, 6) is -0.234. The predicted octanol–water partition coefficient (Wildman–Crippen LogP) is 2.67. The van der Waals surface area contributed by atoms with Crippen LogP contribution in [0, 0.1) is 6.92 Å². The van der Waals surface area contributed by atoms with Crippen LogP contribution < -0.4 is 0 Å². The molecule has 1 aliphatic heterocycles. The van der Waals surface area contributed by atoms with Crippen LogP contribution in [-0.4, -0.2) is 80.3 Å². The summed E-state index contributed by atoms with van der Waals surface area (Å²) in [5.41, 5.74) is 2.10. The van der Waals surface area contributed by atoms with Gasteiger partial charge in [-0.05, 0) is 37.5 Å². The molecule has 3 rings (SSSR count). The maximum absolute atomic E-state index is 13.7. The van der Waals surface area contributed by atoms with E-state index in [-0.39, 0.29) is 42.4 Å². The molecule has 0 radical (unpaired) electrons. The summed E-state index contributed by atoms with van der Waals surface area (Å²) in [4.78, 5) is 29.2. The highest BCUT2D eigenvalue weighted by Gasteiger charge is 2.33. The number of amides is 2. The first kappa shape index (κ1) is 26.8. The number of aryl methyl sites for hydroxylation is 1. The van der Waals surface area contributed by atoms with Crippen molar-refractivity contribution in [2.24, 2.45) is 0 Å². The molecule has 9 heteroatoms. The molecule has 2 amide bonds. The largest absolute Gasteiger partial charge is 0.383 e. The number of rotatable bonds is 10. The molecule has 1 aliphatic rings. The van der Waals surface area contributed by atoms with Crippen LogP contribution in [0.5, 0.6) is 0 Å². The Morgan fingerprint density at radius 1 is 1.03 bits per heavy atom. The fourth-order valence-corrected chi connectivity index (χ4v) is 5.66. The second kappa shape index (κ2) is 12.3. The Hall–Kier alpha value is -2.75. The Labute approximate surface area is 208 Å². The van der Waals surface area contributed by atoms with E-state index in [1.54, 1.807) is 34.9 Å². The van der Waals surface area contributed by atoms with E-state index in [1.165, 1.54) is 23.5 Å². The van der Waals surface area contributed by atoms with Gasteiger partial charge in [0, 0.05) is 46.3 Å². The summed E-state index contributed by atoms with van der Waals surface area (Å²) in [6.07, 6.45) is 1.31. The predicted molar refractivity (Wildman–Crippen MR) is 134 cm³/mol. The maximum atomic E-state index is 13.7. The van der Waals surface area contributed by atoms with E-state index in [9.17, 15) is 18.0 Å². The summed E-state index contributed by atoms with van der Waals surface area (Å²) in [7, 11) is -2.38. The number of hydrogen-bond acceptors (Lipinski definition) is 5. The highest BCUT2D eigenvalue weighted by molar-refractivity contribution is 7.89. The van der Waals surface area contributed by atoms with Gasteiger partial charge < -0.3 is 14.5 Å². The first-order chi connectivity index (χ1) is 16.7. The van der Waals surface area contributed by atoms with Gasteiger partial charge in [0.25, 0.3) is 0 Å². The Kier molecular flexibility index (Phi) is 9.42. The van der Waals surface area contributed by atoms with E-state index in [1.807, 2.05) is 31.2 Å². The molecule has 190 valence electrons. The molecule has 8 nitrogen and oxygen atoms in total. The van der Waals surface area contributed by atoms with Crippen LogP contribution in [0.2, 0.25) is 0 Å². The van der Waals surface area contributed by atoms with E-state index in [0.717, 1.165) is 11.1 Å². The summed E-state index contributed by atoms with van der Waals surface area (Å²) in [5, 5.41) is 0. The number of methoxy groups -OCH3 is 1. The van der Waals surface area contributed by atoms with E-state index in [0.29, 0.717) is 32.5 Å². The molecule has 0 atom stereocenters. The summed E-state index contributed by atoms with van der Waals surface area (Å²) in [6.45, 7) is 5.06. The van der Waals surface area contributed by atoms with Crippen molar-refractivity contribution in [2.45, 2.75) is 44.2 Å². The molecule has 1 heterocycles. The van der Waals surface area contributed by atoms with Crippen molar-refractivity contribution in [3.05, 3.63) is 65.7 Å². The van der Waals surface area contributed by atoms with Crippen molar-refractivity contribution >= 4 is 21.8 Å². The third-order valence-electron chi connectivity index (χ3n) is 6.38. The molecule has 1 fully saturated rings. The Bertz CT molecular complexity index is 1080. The Morgan fingerprint density at radius 3 is 2.23 bits per heavy atom. The number of carbonyl (C=O) groups excluding carboxylic acids is 2. The molecule has 2 aromatic rings. The lowest BCUT2D eigenvalue weighted by Gasteiger charge is -2.39. The molecule has 0 saturated carbocycles. The van der Waals surface area contributed by atoms with Gasteiger partial charge in [-0.15, -0.1) is 0 Å². The SMILES string of the molecule is COCCN(CC(=O)N(Cc1ccc(C)cc1)C1CCN(C(C)=O)CC1)S(=O)(=O)c1ccccc1. The molecule has 0 unspecified atom stereocenters. The van der Waals surface area contributed by atoms with E-state index >= 15 is 0 Å². The van der Waals surface area contributed by atoms with Crippen molar-refractivity contribution in [3.63, 3.8) is 0 Å². The van der Waals surface area contributed by atoms with Gasteiger partial charge in [-0.2, -0.15) is 4.31 Å². The minimum Gasteiger partial charge on any atom is -0.383 e. The van der Waals surface area contributed by atoms with Crippen LogP contribution in [0.3, 0.4) is 0 Å². The molecule has 2 aromatic carbocycles. The molecular weight excluding hydrogens is 466 g/mol. The lowest BCUT2D eigenvalue weighted by Crippen LogP contribution is -2.51. The van der Waals surface area contributed by atoms with Gasteiger partial charge in [0.1, 0.15) is 0 Å². The normalized spacial score (nSPS) is 14.8. The number of likely N-dealkylation sites (tertiary alicyclic amines) is 1. The van der Waals surface area contributed by atoms with Gasteiger partial charge in [0.15, 0.2) is 0 Å². The quantitative estimate of drug-likeness (QED) is 0.500. The molecule has 35 heavy (non-hydrogen) atoms. The van der Waals surface area contributed by atoms with Gasteiger partial charge in [-0.3, -0.25) is 9.59 Å². The lowest BCUT2D eigenvalue weighted by molar-refractivity contribution is -0.137. The average molecular weight is 502 g/mol. The number of ether oxygens (including phenoxy) is 1. The summed E-state index contributed by atoms with van der Waals surface area (Å²) >= 11 is 0.